The summed E-state index contributed by atoms with van der Waals surface area (Å²) in [5.74, 6) is -0.374. The Kier molecular flexibility index (Phi) is 4.34. The number of aromatic amines is 1. The average Bonchev–Trinajstić information content (AvgIpc) is 2.55. The SMILES string of the molecule is O=C(Nc1ccc(OC(F)(F)F)cc1)N1CCc2c(nc[nH]c2=O)C1. The first-order valence-electron chi connectivity index (χ1n) is 7.29. The standard InChI is InChI=1S/C15H13F3N4O3/c16-15(17,18)25-10-3-1-9(2-4-10)21-14(24)22-6-5-11-12(7-22)19-8-20-13(11)23/h1-4,8H,5-7H2,(H,21,24)(H,19,20,23). The molecule has 25 heavy (non-hydrogen) atoms. The van der Waals surface area contributed by atoms with Crippen molar-refractivity contribution in [2.45, 2.75) is 19.3 Å². The van der Waals surface area contributed by atoms with E-state index in [-0.39, 0.29) is 17.9 Å². The third-order valence-corrected chi connectivity index (χ3v) is 3.64. The molecule has 0 aliphatic carbocycles. The van der Waals surface area contributed by atoms with E-state index < -0.39 is 12.4 Å². The number of nitrogens with zero attached hydrogens (tertiary/aromatic N) is 2. The summed E-state index contributed by atoms with van der Waals surface area (Å²) in [6.07, 6.45) is -3.11. The highest BCUT2D eigenvalue weighted by atomic mass is 19.4. The lowest BCUT2D eigenvalue weighted by Crippen LogP contribution is -2.41. The Labute approximate surface area is 139 Å². The quantitative estimate of drug-likeness (QED) is 0.866. The first kappa shape index (κ1) is 16.8. The minimum absolute atomic E-state index is 0.181. The van der Waals surface area contributed by atoms with Crippen LogP contribution in [0.1, 0.15) is 11.3 Å². The van der Waals surface area contributed by atoms with Crippen LogP contribution in [0, 0.1) is 0 Å². The second-order valence-electron chi connectivity index (χ2n) is 5.33. The summed E-state index contributed by atoms with van der Waals surface area (Å²) in [7, 11) is 0. The van der Waals surface area contributed by atoms with Gasteiger partial charge in [-0.15, -0.1) is 13.2 Å². The number of alkyl halides is 3. The summed E-state index contributed by atoms with van der Waals surface area (Å²) in [6, 6.07) is 4.39. The molecule has 0 fully saturated rings. The maximum absolute atomic E-state index is 12.3. The van der Waals surface area contributed by atoms with Gasteiger partial charge in [0.15, 0.2) is 0 Å². The zero-order valence-corrected chi connectivity index (χ0v) is 12.8. The fourth-order valence-corrected chi connectivity index (χ4v) is 2.48. The van der Waals surface area contributed by atoms with E-state index in [1.54, 1.807) is 0 Å². The van der Waals surface area contributed by atoms with Crippen LogP contribution in [0.5, 0.6) is 5.75 Å². The number of H-pyrrole nitrogens is 1. The molecular formula is C15H13F3N4O3. The lowest BCUT2D eigenvalue weighted by molar-refractivity contribution is -0.274. The molecule has 1 aliphatic rings. The third kappa shape index (κ3) is 4.08. The minimum Gasteiger partial charge on any atom is -0.406 e. The second-order valence-corrected chi connectivity index (χ2v) is 5.33. The number of carbonyl (C=O) groups excluding carboxylic acids is 1. The fraction of sp³-hybridized carbons (Fsp3) is 0.267. The van der Waals surface area contributed by atoms with Gasteiger partial charge in [-0.1, -0.05) is 0 Å². The molecule has 2 N–H and O–H groups in total. The number of aromatic nitrogens is 2. The van der Waals surface area contributed by atoms with Crippen LogP contribution in [-0.4, -0.2) is 33.8 Å². The Morgan fingerprint density at radius 1 is 1.28 bits per heavy atom. The average molecular weight is 354 g/mol. The summed E-state index contributed by atoms with van der Waals surface area (Å²) < 4.78 is 40.1. The Morgan fingerprint density at radius 2 is 2.00 bits per heavy atom. The molecule has 10 heteroatoms. The van der Waals surface area contributed by atoms with E-state index >= 15 is 0 Å². The Bertz CT molecular complexity index is 833. The van der Waals surface area contributed by atoms with Gasteiger partial charge in [0.25, 0.3) is 5.56 Å². The van der Waals surface area contributed by atoms with Crippen molar-refractivity contribution in [3.8, 4) is 5.75 Å². The number of benzene rings is 1. The van der Waals surface area contributed by atoms with Gasteiger partial charge in [0.2, 0.25) is 0 Å². The summed E-state index contributed by atoms with van der Waals surface area (Å²) in [5.41, 5.74) is 1.19. The van der Waals surface area contributed by atoms with Crippen molar-refractivity contribution in [3.05, 3.63) is 52.2 Å². The summed E-state index contributed by atoms with van der Waals surface area (Å²) in [4.78, 5) is 31.9. The molecule has 7 nitrogen and oxygen atoms in total. The molecule has 0 saturated carbocycles. The van der Waals surface area contributed by atoms with Crippen LogP contribution < -0.4 is 15.6 Å². The number of halogens is 3. The molecule has 132 valence electrons. The zero-order chi connectivity index (χ0) is 18.0. The number of hydrogen-bond acceptors (Lipinski definition) is 4. The van der Waals surface area contributed by atoms with Crippen LogP contribution in [0.25, 0.3) is 0 Å². The van der Waals surface area contributed by atoms with Gasteiger partial charge in [0.1, 0.15) is 5.75 Å². The zero-order valence-electron chi connectivity index (χ0n) is 12.8. The van der Waals surface area contributed by atoms with E-state index in [0.29, 0.717) is 29.9 Å². The molecule has 1 aromatic heterocycles. The maximum Gasteiger partial charge on any atom is 0.573 e. The van der Waals surface area contributed by atoms with Gasteiger partial charge in [-0.3, -0.25) is 4.79 Å². The highest BCUT2D eigenvalue weighted by molar-refractivity contribution is 5.89. The predicted octanol–water partition coefficient (Wildman–Crippen LogP) is 2.26. The first-order chi connectivity index (χ1) is 11.8. The lowest BCUT2D eigenvalue weighted by atomic mass is 10.1. The highest BCUT2D eigenvalue weighted by Gasteiger charge is 2.31. The van der Waals surface area contributed by atoms with Gasteiger partial charge in [0.05, 0.1) is 18.6 Å². The minimum atomic E-state index is -4.77. The lowest BCUT2D eigenvalue weighted by Gasteiger charge is -2.27. The molecule has 0 atom stereocenters. The largest absolute Gasteiger partial charge is 0.573 e. The number of nitrogens with one attached hydrogen (secondary N) is 2. The number of ether oxygens (including phenoxy) is 1. The van der Waals surface area contributed by atoms with Gasteiger partial charge in [0, 0.05) is 17.8 Å². The van der Waals surface area contributed by atoms with E-state index in [2.05, 4.69) is 20.0 Å². The number of hydrogen-bond donors (Lipinski definition) is 2. The first-order valence-corrected chi connectivity index (χ1v) is 7.29. The normalized spacial score (nSPS) is 14.0. The van der Waals surface area contributed by atoms with E-state index in [0.717, 1.165) is 12.1 Å². The van der Waals surface area contributed by atoms with Gasteiger partial charge in [-0.25, -0.2) is 9.78 Å². The van der Waals surface area contributed by atoms with Gasteiger partial charge in [-0.2, -0.15) is 0 Å². The van der Waals surface area contributed by atoms with E-state index in [1.165, 1.54) is 23.4 Å². The summed E-state index contributed by atoms with van der Waals surface area (Å²) in [6.45, 7) is 0.517. The molecule has 2 amide bonds. The van der Waals surface area contributed by atoms with Gasteiger partial charge in [-0.05, 0) is 30.7 Å². The molecule has 0 unspecified atom stereocenters. The molecular weight excluding hydrogens is 341 g/mol. The monoisotopic (exact) mass is 354 g/mol. The Morgan fingerprint density at radius 3 is 2.68 bits per heavy atom. The third-order valence-electron chi connectivity index (χ3n) is 3.64. The van der Waals surface area contributed by atoms with E-state index in [4.69, 9.17) is 0 Å². The van der Waals surface area contributed by atoms with Crippen LogP contribution in [-0.2, 0) is 13.0 Å². The van der Waals surface area contributed by atoms with Crippen LogP contribution in [0.15, 0.2) is 35.4 Å². The van der Waals surface area contributed by atoms with Crippen molar-refractivity contribution in [1.29, 1.82) is 0 Å². The van der Waals surface area contributed by atoms with Gasteiger partial charge >= 0.3 is 12.4 Å². The topological polar surface area (TPSA) is 87.3 Å². The number of carbonyl (C=O) groups is 1. The fourth-order valence-electron chi connectivity index (χ4n) is 2.48. The molecule has 1 aromatic carbocycles. The number of anilines is 1. The van der Waals surface area contributed by atoms with Crippen LogP contribution in [0.2, 0.25) is 0 Å². The predicted molar refractivity (Wildman–Crippen MR) is 81.1 cm³/mol. The van der Waals surface area contributed by atoms with Crippen molar-refractivity contribution in [3.63, 3.8) is 0 Å². The van der Waals surface area contributed by atoms with Crippen molar-refractivity contribution in [2.24, 2.45) is 0 Å². The molecule has 0 radical (unpaired) electrons. The van der Waals surface area contributed by atoms with Crippen molar-refractivity contribution in [1.82, 2.24) is 14.9 Å². The number of amides is 2. The highest BCUT2D eigenvalue weighted by Crippen LogP contribution is 2.24. The Hall–Kier alpha value is -3.04. The number of rotatable bonds is 2. The van der Waals surface area contributed by atoms with Crippen molar-refractivity contribution >= 4 is 11.7 Å². The van der Waals surface area contributed by atoms with Gasteiger partial charge < -0.3 is 19.9 Å². The van der Waals surface area contributed by atoms with E-state index in [1.807, 2.05) is 0 Å². The number of urea groups is 1. The van der Waals surface area contributed by atoms with Crippen molar-refractivity contribution < 1.29 is 22.7 Å². The second kappa shape index (κ2) is 6.46. The Balaban J connectivity index is 1.64. The summed E-state index contributed by atoms with van der Waals surface area (Å²) in [5, 5.41) is 2.58. The molecule has 3 rings (SSSR count). The van der Waals surface area contributed by atoms with E-state index in [9.17, 15) is 22.8 Å². The molecule has 2 aromatic rings. The molecule has 0 saturated heterocycles. The molecule has 1 aliphatic heterocycles. The molecule has 0 bridgehead atoms. The molecule has 2 heterocycles. The molecule has 0 spiro atoms. The van der Waals surface area contributed by atoms with Crippen LogP contribution in [0.3, 0.4) is 0 Å². The maximum atomic E-state index is 12.3. The van der Waals surface area contributed by atoms with Crippen molar-refractivity contribution in [2.75, 3.05) is 11.9 Å². The smallest absolute Gasteiger partial charge is 0.406 e. The van der Waals surface area contributed by atoms with Crippen LogP contribution in [0.4, 0.5) is 23.7 Å². The number of fused-ring (bicyclic) bond motifs is 1. The summed E-state index contributed by atoms with van der Waals surface area (Å²) >= 11 is 0. The van der Waals surface area contributed by atoms with Crippen LogP contribution >= 0.6 is 0 Å².